The van der Waals surface area contributed by atoms with Crippen LogP contribution in [0.2, 0.25) is 0 Å². The molecule has 1 amide bonds. The molecule has 1 saturated heterocycles. The Kier molecular flexibility index (Phi) is 5.09. The predicted molar refractivity (Wildman–Crippen MR) is 91.3 cm³/mol. The molecular weight excluding hydrogens is 286 g/mol. The number of ether oxygens (including phenoxy) is 1. The van der Waals surface area contributed by atoms with Gasteiger partial charge < -0.3 is 9.64 Å². The molecule has 1 fully saturated rings. The fourth-order valence-electron chi connectivity index (χ4n) is 3.01. The van der Waals surface area contributed by atoms with Gasteiger partial charge in [-0.25, -0.2) is 0 Å². The normalized spacial score (nSPS) is 18.0. The molecule has 1 aliphatic rings. The van der Waals surface area contributed by atoms with E-state index in [1.165, 1.54) is 5.56 Å². The van der Waals surface area contributed by atoms with Gasteiger partial charge in [0.1, 0.15) is 0 Å². The zero-order chi connectivity index (χ0) is 16.1. The SMILES string of the molecule is Cc1cccc(C(=O)N2CCC[C@@H](OCc3ccccc3)C2)c1. The number of aryl methyl sites for hydroxylation is 1. The number of rotatable bonds is 4. The summed E-state index contributed by atoms with van der Waals surface area (Å²) < 4.78 is 6.02. The van der Waals surface area contributed by atoms with Crippen LogP contribution in [0.25, 0.3) is 0 Å². The Labute approximate surface area is 137 Å². The molecule has 0 bridgehead atoms. The van der Waals surface area contributed by atoms with Crippen molar-refractivity contribution in [1.82, 2.24) is 4.90 Å². The van der Waals surface area contributed by atoms with Gasteiger partial charge in [-0.2, -0.15) is 0 Å². The lowest BCUT2D eigenvalue weighted by Crippen LogP contribution is -2.43. The van der Waals surface area contributed by atoms with Gasteiger partial charge in [0.25, 0.3) is 5.91 Å². The summed E-state index contributed by atoms with van der Waals surface area (Å²) in [6.45, 7) is 4.12. The van der Waals surface area contributed by atoms with Crippen molar-refractivity contribution in [3.63, 3.8) is 0 Å². The number of piperidine rings is 1. The van der Waals surface area contributed by atoms with Crippen LogP contribution in [0.15, 0.2) is 54.6 Å². The van der Waals surface area contributed by atoms with Crippen molar-refractivity contribution < 1.29 is 9.53 Å². The third kappa shape index (κ3) is 4.20. The highest BCUT2D eigenvalue weighted by molar-refractivity contribution is 5.94. The molecule has 120 valence electrons. The predicted octanol–water partition coefficient (Wildman–Crippen LogP) is 3.82. The fraction of sp³-hybridized carbons (Fsp3) is 0.350. The van der Waals surface area contributed by atoms with E-state index in [4.69, 9.17) is 4.74 Å². The average Bonchev–Trinajstić information content (AvgIpc) is 2.60. The lowest BCUT2D eigenvalue weighted by atomic mass is 10.1. The number of hydrogen-bond donors (Lipinski definition) is 0. The Balaban J connectivity index is 1.58. The number of carbonyl (C=O) groups excluding carboxylic acids is 1. The van der Waals surface area contributed by atoms with Crippen LogP contribution in [0.1, 0.15) is 34.3 Å². The van der Waals surface area contributed by atoms with Crippen molar-refractivity contribution in [3.8, 4) is 0 Å². The standard InChI is InChI=1S/C20H23NO2/c1-16-7-5-10-18(13-16)20(22)21-12-6-11-19(14-21)23-15-17-8-3-2-4-9-17/h2-5,7-10,13,19H,6,11-12,14-15H2,1H3/t19-/m1/s1. The summed E-state index contributed by atoms with van der Waals surface area (Å²) in [4.78, 5) is 14.6. The van der Waals surface area contributed by atoms with Gasteiger partial charge in [0.05, 0.1) is 12.7 Å². The summed E-state index contributed by atoms with van der Waals surface area (Å²) in [5.74, 6) is 0.113. The number of benzene rings is 2. The van der Waals surface area contributed by atoms with Crippen LogP contribution in [0.4, 0.5) is 0 Å². The summed E-state index contributed by atoms with van der Waals surface area (Å²) in [7, 11) is 0. The molecule has 0 saturated carbocycles. The summed E-state index contributed by atoms with van der Waals surface area (Å²) >= 11 is 0. The van der Waals surface area contributed by atoms with Gasteiger partial charge in [0.15, 0.2) is 0 Å². The summed E-state index contributed by atoms with van der Waals surface area (Å²) in [5, 5.41) is 0. The molecule has 2 aromatic rings. The van der Waals surface area contributed by atoms with Crippen LogP contribution in [0.5, 0.6) is 0 Å². The molecule has 1 aliphatic heterocycles. The molecule has 0 spiro atoms. The molecule has 3 heteroatoms. The molecule has 2 aromatic carbocycles. The molecule has 0 radical (unpaired) electrons. The topological polar surface area (TPSA) is 29.5 Å². The van der Waals surface area contributed by atoms with Crippen molar-refractivity contribution >= 4 is 5.91 Å². The van der Waals surface area contributed by atoms with E-state index in [0.717, 1.165) is 30.5 Å². The minimum Gasteiger partial charge on any atom is -0.372 e. The van der Waals surface area contributed by atoms with E-state index in [1.54, 1.807) is 0 Å². The van der Waals surface area contributed by atoms with Gasteiger partial charge >= 0.3 is 0 Å². The third-order valence-electron chi connectivity index (χ3n) is 4.26. The minimum atomic E-state index is 0.113. The van der Waals surface area contributed by atoms with Gasteiger partial charge in [-0.1, -0.05) is 48.0 Å². The van der Waals surface area contributed by atoms with Crippen LogP contribution in [-0.2, 0) is 11.3 Å². The maximum Gasteiger partial charge on any atom is 0.253 e. The highest BCUT2D eigenvalue weighted by Gasteiger charge is 2.25. The van der Waals surface area contributed by atoms with Crippen LogP contribution in [0.3, 0.4) is 0 Å². The number of likely N-dealkylation sites (tertiary alicyclic amines) is 1. The van der Waals surface area contributed by atoms with E-state index in [-0.39, 0.29) is 12.0 Å². The summed E-state index contributed by atoms with van der Waals surface area (Å²) in [6, 6.07) is 18.0. The Morgan fingerprint density at radius 2 is 2.00 bits per heavy atom. The quantitative estimate of drug-likeness (QED) is 0.859. The first-order chi connectivity index (χ1) is 11.2. The molecule has 0 unspecified atom stereocenters. The molecule has 3 rings (SSSR count). The van der Waals surface area contributed by atoms with Crippen LogP contribution in [0, 0.1) is 6.92 Å². The van der Waals surface area contributed by atoms with Crippen molar-refractivity contribution in [2.45, 2.75) is 32.5 Å². The molecule has 0 aliphatic carbocycles. The number of hydrogen-bond acceptors (Lipinski definition) is 2. The first kappa shape index (κ1) is 15.8. The minimum absolute atomic E-state index is 0.113. The van der Waals surface area contributed by atoms with E-state index in [9.17, 15) is 4.79 Å². The van der Waals surface area contributed by atoms with Crippen LogP contribution < -0.4 is 0 Å². The van der Waals surface area contributed by atoms with Gasteiger partial charge in [0.2, 0.25) is 0 Å². The molecule has 3 nitrogen and oxygen atoms in total. The van der Waals surface area contributed by atoms with Crippen molar-refractivity contribution in [2.75, 3.05) is 13.1 Å². The van der Waals surface area contributed by atoms with Gasteiger partial charge in [-0.15, -0.1) is 0 Å². The smallest absolute Gasteiger partial charge is 0.253 e. The number of amides is 1. The molecule has 0 N–H and O–H groups in total. The first-order valence-electron chi connectivity index (χ1n) is 8.24. The highest BCUT2D eigenvalue weighted by atomic mass is 16.5. The monoisotopic (exact) mass is 309 g/mol. The molecule has 1 atom stereocenters. The Bertz CT molecular complexity index is 654. The Morgan fingerprint density at radius 3 is 2.78 bits per heavy atom. The summed E-state index contributed by atoms with van der Waals surface area (Å²) in [6.07, 6.45) is 2.14. The van der Waals surface area contributed by atoms with Gasteiger partial charge in [-0.3, -0.25) is 4.79 Å². The first-order valence-corrected chi connectivity index (χ1v) is 8.24. The summed E-state index contributed by atoms with van der Waals surface area (Å²) in [5.41, 5.74) is 3.06. The van der Waals surface area contributed by atoms with E-state index in [0.29, 0.717) is 13.2 Å². The van der Waals surface area contributed by atoms with Crippen molar-refractivity contribution in [3.05, 3.63) is 71.3 Å². The molecule has 0 aromatic heterocycles. The van der Waals surface area contributed by atoms with Gasteiger partial charge in [0, 0.05) is 18.7 Å². The number of carbonyl (C=O) groups is 1. The molecule has 1 heterocycles. The van der Waals surface area contributed by atoms with Crippen molar-refractivity contribution in [2.24, 2.45) is 0 Å². The van der Waals surface area contributed by atoms with Crippen LogP contribution in [-0.4, -0.2) is 30.0 Å². The fourth-order valence-corrected chi connectivity index (χ4v) is 3.01. The van der Waals surface area contributed by atoms with Crippen LogP contribution >= 0.6 is 0 Å². The second-order valence-electron chi connectivity index (χ2n) is 6.18. The maximum absolute atomic E-state index is 12.6. The lowest BCUT2D eigenvalue weighted by molar-refractivity contribution is -0.00672. The lowest BCUT2D eigenvalue weighted by Gasteiger charge is -2.32. The third-order valence-corrected chi connectivity index (χ3v) is 4.26. The average molecular weight is 309 g/mol. The molecule has 23 heavy (non-hydrogen) atoms. The zero-order valence-corrected chi connectivity index (χ0v) is 13.6. The van der Waals surface area contributed by atoms with E-state index >= 15 is 0 Å². The highest BCUT2D eigenvalue weighted by Crippen LogP contribution is 2.18. The second-order valence-corrected chi connectivity index (χ2v) is 6.18. The van der Waals surface area contributed by atoms with Crippen molar-refractivity contribution in [1.29, 1.82) is 0 Å². The zero-order valence-electron chi connectivity index (χ0n) is 13.6. The number of nitrogens with zero attached hydrogens (tertiary/aromatic N) is 1. The Morgan fingerprint density at radius 1 is 1.17 bits per heavy atom. The Hall–Kier alpha value is -2.13. The largest absolute Gasteiger partial charge is 0.372 e. The van der Waals surface area contributed by atoms with Gasteiger partial charge in [-0.05, 0) is 37.5 Å². The molecular formula is C20H23NO2. The van der Waals surface area contributed by atoms with E-state index in [2.05, 4.69) is 12.1 Å². The van der Waals surface area contributed by atoms with E-state index < -0.39 is 0 Å². The second kappa shape index (κ2) is 7.42. The maximum atomic E-state index is 12.6. The van der Waals surface area contributed by atoms with E-state index in [1.807, 2.05) is 54.3 Å².